The minimum absolute atomic E-state index is 0.0266. The zero-order valence-corrected chi connectivity index (χ0v) is 13.9. The average Bonchev–Trinajstić information content (AvgIpc) is 2.55. The average molecular weight is 327 g/mol. The Labute approximate surface area is 135 Å². The Kier molecular flexibility index (Phi) is 4.84. The second-order valence-corrected chi connectivity index (χ2v) is 7.22. The topological polar surface area (TPSA) is 99.2 Å². The lowest BCUT2D eigenvalue weighted by Gasteiger charge is -2.54. The van der Waals surface area contributed by atoms with Gasteiger partial charge in [-0.15, -0.1) is 0 Å². The maximum Gasteiger partial charge on any atom is 0.410 e. The molecule has 0 saturated carbocycles. The van der Waals surface area contributed by atoms with Gasteiger partial charge in [-0.05, 0) is 20.8 Å². The summed E-state index contributed by atoms with van der Waals surface area (Å²) in [6, 6.07) is 0. The monoisotopic (exact) mass is 327 g/mol. The Hall–Kier alpha value is -1.83. The van der Waals surface area contributed by atoms with Gasteiger partial charge in [0.2, 0.25) is 5.91 Å². The molecule has 2 aliphatic rings. The van der Waals surface area contributed by atoms with Crippen molar-refractivity contribution in [2.45, 2.75) is 44.8 Å². The number of rotatable bonds is 3. The summed E-state index contributed by atoms with van der Waals surface area (Å²) in [6.45, 7) is 7.57. The van der Waals surface area contributed by atoms with Crippen LogP contribution in [0.1, 0.15) is 33.6 Å². The van der Waals surface area contributed by atoms with Crippen molar-refractivity contribution in [1.29, 1.82) is 0 Å². The Bertz CT molecular complexity index is 494. The van der Waals surface area contributed by atoms with Crippen LogP contribution in [0.2, 0.25) is 0 Å². The minimum atomic E-state index is -0.905. The van der Waals surface area contributed by atoms with Crippen LogP contribution in [0, 0.1) is 0 Å². The molecule has 0 radical (unpaired) electrons. The summed E-state index contributed by atoms with van der Waals surface area (Å²) in [6.07, 6.45) is -0.142. The van der Waals surface area contributed by atoms with Crippen LogP contribution in [-0.2, 0) is 14.3 Å². The number of carbonyl (C=O) groups excluding carboxylic acids is 2. The minimum Gasteiger partial charge on any atom is -0.481 e. The highest BCUT2D eigenvalue weighted by Gasteiger charge is 2.51. The number of likely N-dealkylation sites (tertiary alicyclic amines) is 1. The van der Waals surface area contributed by atoms with Gasteiger partial charge in [0.15, 0.2) is 0 Å². The van der Waals surface area contributed by atoms with Gasteiger partial charge in [-0.1, -0.05) is 0 Å². The molecule has 2 fully saturated rings. The number of carboxylic acid groups (broad SMARTS) is 1. The highest BCUT2D eigenvalue weighted by Crippen LogP contribution is 2.33. The Morgan fingerprint density at radius 1 is 1.30 bits per heavy atom. The van der Waals surface area contributed by atoms with Crippen molar-refractivity contribution in [1.82, 2.24) is 15.1 Å². The number of amides is 2. The molecule has 2 rings (SSSR count). The number of carboxylic acids is 1. The summed E-state index contributed by atoms with van der Waals surface area (Å²) in [5.74, 6) is -0.932. The van der Waals surface area contributed by atoms with Crippen LogP contribution in [0.5, 0.6) is 0 Å². The first-order valence-electron chi connectivity index (χ1n) is 7.83. The van der Waals surface area contributed by atoms with E-state index >= 15 is 0 Å². The van der Waals surface area contributed by atoms with Crippen molar-refractivity contribution in [2.75, 3.05) is 32.7 Å². The third-order valence-electron chi connectivity index (χ3n) is 4.09. The molecule has 2 heterocycles. The fourth-order valence-corrected chi connectivity index (χ4v) is 3.07. The summed E-state index contributed by atoms with van der Waals surface area (Å²) in [7, 11) is 0. The van der Waals surface area contributed by atoms with Crippen molar-refractivity contribution in [3.05, 3.63) is 0 Å². The second kappa shape index (κ2) is 6.35. The molecule has 0 atom stereocenters. The van der Waals surface area contributed by atoms with Gasteiger partial charge in [0.25, 0.3) is 0 Å². The normalized spacial score (nSPS) is 21.9. The lowest BCUT2D eigenvalue weighted by molar-refractivity contribution is -0.145. The molecule has 0 spiro atoms. The lowest BCUT2D eigenvalue weighted by atomic mass is 9.84. The van der Waals surface area contributed by atoms with Gasteiger partial charge < -0.3 is 20.1 Å². The van der Waals surface area contributed by atoms with Crippen LogP contribution in [0.15, 0.2) is 0 Å². The molecule has 0 aliphatic carbocycles. The molecular formula is C15H25N3O5. The van der Waals surface area contributed by atoms with E-state index in [0.717, 1.165) is 0 Å². The molecule has 0 aromatic carbocycles. The van der Waals surface area contributed by atoms with Gasteiger partial charge in [0.1, 0.15) is 5.60 Å². The zero-order chi connectivity index (χ0) is 17.3. The van der Waals surface area contributed by atoms with Crippen molar-refractivity contribution >= 4 is 18.0 Å². The summed E-state index contributed by atoms with van der Waals surface area (Å²) >= 11 is 0. The van der Waals surface area contributed by atoms with E-state index in [9.17, 15) is 19.5 Å². The van der Waals surface area contributed by atoms with Crippen molar-refractivity contribution in [3.63, 3.8) is 0 Å². The quantitative estimate of drug-likeness (QED) is 0.772. The Balaban J connectivity index is 2.04. The van der Waals surface area contributed by atoms with Crippen LogP contribution in [0.3, 0.4) is 0 Å². The summed E-state index contributed by atoms with van der Waals surface area (Å²) < 4.78 is 5.32. The molecule has 2 aliphatic heterocycles. The Morgan fingerprint density at radius 3 is 2.52 bits per heavy atom. The first-order chi connectivity index (χ1) is 10.6. The molecule has 130 valence electrons. The van der Waals surface area contributed by atoms with Gasteiger partial charge in [0, 0.05) is 39.1 Å². The van der Waals surface area contributed by atoms with Crippen LogP contribution in [-0.4, -0.2) is 76.7 Å². The SMILES string of the molecule is CC(C)(C)OC(=O)N1CC(CC(=O)O)(N2CCNC(=O)CC2)C1. The Morgan fingerprint density at radius 2 is 1.96 bits per heavy atom. The standard InChI is InChI=1S/C15H25N3O5/c1-14(2,3)23-13(22)17-9-15(10-17,8-12(20)21)18-6-4-11(19)16-5-7-18/h4-10H2,1-3H3,(H,16,19)(H,20,21). The number of hydrogen-bond acceptors (Lipinski definition) is 5. The lowest BCUT2D eigenvalue weighted by Crippen LogP contribution is -2.72. The fraction of sp³-hybridized carbons (Fsp3) is 0.800. The van der Waals surface area contributed by atoms with Gasteiger partial charge in [-0.25, -0.2) is 4.79 Å². The maximum atomic E-state index is 12.1. The number of nitrogens with one attached hydrogen (secondary N) is 1. The fourth-order valence-electron chi connectivity index (χ4n) is 3.07. The largest absolute Gasteiger partial charge is 0.481 e. The number of ether oxygens (including phenoxy) is 1. The first-order valence-corrected chi connectivity index (χ1v) is 7.83. The van der Waals surface area contributed by atoms with E-state index in [1.807, 2.05) is 4.90 Å². The van der Waals surface area contributed by atoms with E-state index in [-0.39, 0.29) is 12.3 Å². The number of carbonyl (C=O) groups is 3. The predicted molar refractivity (Wildman–Crippen MR) is 82.0 cm³/mol. The van der Waals surface area contributed by atoms with Crippen LogP contribution >= 0.6 is 0 Å². The molecule has 2 saturated heterocycles. The van der Waals surface area contributed by atoms with Gasteiger partial charge in [0.05, 0.1) is 12.0 Å². The maximum absolute atomic E-state index is 12.1. The molecule has 2 N–H and O–H groups in total. The van der Waals surface area contributed by atoms with Crippen LogP contribution in [0.4, 0.5) is 4.79 Å². The van der Waals surface area contributed by atoms with Crippen LogP contribution < -0.4 is 5.32 Å². The first kappa shape index (κ1) is 17.5. The molecule has 2 amide bonds. The summed E-state index contributed by atoms with van der Waals surface area (Å²) in [4.78, 5) is 38.4. The van der Waals surface area contributed by atoms with Crippen molar-refractivity contribution in [3.8, 4) is 0 Å². The zero-order valence-electron chi connectivity index (χ0n) is 13.9. The number of nitrogens with zero attached hydrogens (tertiary/aromatic N) is 2. The molecule has 0 unspecified atom stereocenters. The van der Waals surface area contributed by atoms with E-state index in [0.29, 0.717) is 39.1 Å². The van der Waals surface area contributed by atoms with Gasteiger partial charge in [-0.3, -0.25) is 14.5 Å². The molecule has 0 bridgehead atoms. The highest BCUT2D eigenvalue weighted by atomic mass is 16.6. The van der Waals surface area contributed by atoms with Crippen molar-refractivity contribution in [2.24, 2.45) is 0 Å². The van der Waals surface area contributed by atoms with Crippen LogP contribution in [0.25, 0.3) is 0 Å². The molecule has 0 aromatic heterocycles. The van der Waals surface area contributed by atoms with E-state index in [2.05, 4.69) is 5.32 Å². The van der Waals surface area contributed by atoms with E-state index in [1.54, 1.807) is 20.8 Å². The molecular weight excluding hydrogens is 302 g/mol. The van der Waals surface area contributed by atoms with Crippen molar-refractivity contribution < 1.29 is 24.2 Å². The number of aliphatic carboxylic acids is 1. The molecule has 8 nitrogen and oxygen atoms in total. The molecule has 8 heteroatoms. The van der Waals surface area contributed by atoms with E-state index in [1.165, 1.54) is 4.90 Å². The second-order valence-electron chi connectivity index (χ2n) is 7.22. The smallest absolute Gasteiger partial charge is 0.410 e. The number of hydrogen-bond donors (Lipinski definition) is 2. The predicted octanol–water partition coefficient (Wildman–Crippen LogP) is 0.273. The van der Waals surface area contributed by atoms with Gasteiger partial charge in [-0.2, -0.15) is 0 Å². The molecule has 23 heavy (non-hydrogen) atoms. The third kappa shape index (κ3) is 4.34. The summed E-state index contributed by atoms with van der Waals surface area (Å²) in [5.41, 5.74) is -1.20. The third-order valence-corrected chi connectivity index (χ3v) is 4.09. The highest BCUT2D eigenvalue weighted by molar-refractivity contribution is 5.76. The summed E-state index contributed by atoms with van der Waals surface area (Å²) in [5, 5.41) is 12.0. The van der Waals surface area contributed by atoms with E-state index < -0.39 is 23.2 Å². The molecule has 0 aromatic rings. The van der Waals surface area contributed by atoms with E-state index in [4.69, 9.17) is 4.74 Å². The van der Waals surface area contributed by atoms with Gasteiger partial charge >= 0.3 is 12.1 Å².